The highest BCUT2D eigenvalue weighted by molar-refractivity contribution is 6.30. The first-order valence-corrected chi connectivity index (χ1v) is 7.55. The smallest absolute Gasteiger partial charge is 0.331 e. The second-order valence-electron chi connectivity index (χ2n) is 5.42. The lowest BCUT2D eigenvalue weighted by atomic mass is 10.1. The maximum absolute atomic E-state index is 12.0. The van der Waals surface area contributed by atoms with Gasteiger partial charge in [0.05, 0.1) is 0 Å². The van der Waals surface area contributed by atoms with Crippen LogP contribution in [0.15, 0.2) is 46.1 Å². The molecule has 0 unspecified atom stereocenters. The van der Waals surface area contributed by atoms with Crippen LogP contribution >= 0.6 is 11.6 Å². The third kappa shape index (κ3) is 4.56. The molecule has 0 aliphatic rings. The Morgan fingerprint density at radius 1 is 1.22 bits per heavy atom. The van der Waals surface area contributed by atoms with E-state index in [9.17, 15) is 14.4 Å². The molecule has 2 rings (SSSR count). The zero-order valence-electron chi connectivity index (χ0n) is 13.0. The number of benzene rings is 1. The van der Waals surface area contributed by atoms with E-state index in [2.05, 4.69) is 5.32 Å². The molecule has 1 aromatic carbocycles. The van der Waals surface area contributed by atoms with Gasteiger partial charge in [-0.25, -0.2) is 4.79 Å². The van der Waals surface area contributed by atoms with E-state index in [1.165, 1.54) is 23.9 Å². The lowest BCUT2D eigenvalue weighted by molar-refractivity contribution is -0.122. The van der Waals surface area contributed by atoms with Gasteiger partial charge in [-0.15, -0.1) is 0 Å². The van der Waals surface area contributed by atoms with E-state index in [0.29, 0.717) is 11.4 Å². The van der Waals surface area contributed by atoms with Gasteiger partial charge in [0, 0.05) is 30.4 Å². The molecule has 1 aromatic heterocycles. The Morgan fingerprint density at radius 2 is 1.87 bits per heavy atom. The zero-order valence-corrected chi connectivity index (χ0v) is 13.7. The number of hydrogen-bond acceptors (Lipinski definition) is 3. The van der Waals surface area contributed by atoms with Crippen molar-refractivity contribution in [1.82, 2.24) is 14.5 Å². The van der Waals surface area contributed by atoms with Crippen LogP contribution in [0.4, 0.5) is 0 Å². The highest BCUT2D eigenvalue weighted by atomic mass is 35.5. The Morgan fingerprint density at radius 3 is 2.52 bits per heavy atom. The number of rotatable bonds is 5. The highest BCUT2D eigenvalue weighted by Crippen LogP contribution is 2.10. The summed E-state index contributed by atoms with van der Waals surface area (Å²) in [5.74, 6) is -0.285. The van der Waals surface area contributed by atoms with Gasteiger partial charge in [-0.2, -0.15) is 0 Å². The molecular weight excluding hydrogens is 318 g/mol. The number of nitrogens with zero attached hydrogens (tertiary/aromatic N) is 2. The molecule has 0 fully saturated rings. The lowest BCUT2D eigenvalue weighted by Crippen LogP contribution is -2.42. The molecular formula is C16H18ClN3O3. The van der Waals surface area contributed by atoms with E-state index in [-0.39, 0.29) is 18.5 Å². The van der Waals surface area contributed by atoms with Crippen LogP contribution in [0.5, 0.6) is 0 Å². The quantitative estimate of drug-likeness (QED) is 0.884. The summed E-state index contributed by atoms with van der Waals surface area (Å²) in [6.45, 7) is 1.76. The fourth-order valence-electron chi connectivity index (χ4n) is 2.24. The maximum Gasteiger partial charge on any atom is 0.331 e. The fourth-order valence-corrected chi connectivity index (χ4v) is 2.36. The number of halogens is 1. The van der Waals surface area contributed by atoms with Crippen molar-refractivity contribution in [3.8, 4) is 0 Å². The van der Waals surface area contributed by atoms with Crippen LogP contribution in [0.2, 0.25) is 5.02 Å². The van der Waals surface area contributed by atoms with Gasteiger partial charge in [0.2, 0.25) is 5.91 Å². The van der Waals surface area contributed by atoms with Crippen molar-refractivity contribution in [2.75, 3.05) is 0 Å². The van der Waals surface area contributed by atoms with Crippen molar-refractivity contribution in [2.24, 2.45) is 7.05 Å². The van der Waals surface area contributed by atoms with Crippen LogP contribution in [0.3, 0.4) is 0 Å². The Hall–Kier alpha value is -2.34. The molecule has 122 valence electrons. The summed E-state index contributed by atoms with van der Waals surface area (Å²) < 4.78 is 2.16. The normalized spacial score (nSPS) is 12.0. The standard InChI is InChI=1S/C16H18ClN3O3/c1-11(9-12-3-5-13(17)6-4-12)18-14(21)10-20-8-7-15(22)19(2)16(20)23/h3-8,11H,9-10H2,1-2H3,(H,18,21)/t11-/m0/s1. The molecule has 23 heavy (non-hydrogen) atoms. The summed E-state index contributed by atoms with van der Waals surface area (Å²) in [4.78, 5) is 35.2. The zero-order chi connectivity index (χ0) is 17.0. The number of hydrogen-bond donors (Lipinski definition) is 1. The van der Waals surface area contributed by atoms with Gasteiger partial charge >= 0.3 is 5.69 Å². The average Bonchev–Trinajstić information content (AvgIpc) is 2.50. The van der Waals surface area contributed by atoms with Gasteiger partial charge in [0.25, 0.3) is 5.56 Å². The van der Waals surface area contributed by atoms with Crippen LogP contribution in [0.25, 0.3) is 0 Å². The summed E-state index contributed by atoms with van der Waals surface area (Å²) in [7, 11) is 1.38. The molecule has 1 atom stereocenters. The molecule has 2 aromatic rings. The molecule has 0 saturated heterocycles. The van der Waals surface area contributed by atoms with E-state index in [0.717, 1.165) is 10.1 Å². The van der Waals surface area contributed by atoms with Crippen molar-refractivity contribution in [3.63, 3.8) is 0 Å². The first kappa shape index (κ1) is 17.0. The van der Waals surface area contributed by atoms with E-state index < -0.39 is 11.2 Å². The fraction of sp³-hybridized carbons (Fsp3) is 0.312. The SMILES string of the molecule is C[C@@H](Cc1ccc(Cl)cc1)NC(=O)Cn1ccc(=O)n(C)c1=O. The summed E-state index contributed by atoms with van der Waals surface area (Å²) in [5.41, 5.74) is 0.141. The van der Waals surface area contributed by atoms with Crippen LogP contribution in [0, 0.1) is 0 Å². The van der Waals surface area contributed by atoms with Crippen molar-refractivity contribution >= 4 is 17.5 Å². The van der Waals surface area contributed by atoms with Gasteiger partial charge in [0.15, 0.2) is 0 Å². The molecule has 1 heterocycles. The molecule has 0 radical (unpaired) electrons. The van der Waals surface area contributed by atoms with Crippen LogP contribution in [0.1, 0.15) is 12.5 Å². The summed E-state index contributed by atoms with van der Waals surface area (Å²) in [6, 6.07) is 8.58. The minimum Gasteiger partial charge on any atom is -0.352 e. The van der Waals surface area contributed by atoms with E-state index in [4.69, 9.17) is 11.6 Å². The molecule has 0 aliphatic heterocycles. The van der Waals surface area contributed by atoms with Crippen LogP contribution < -0.4 is 16.6 Å². The Labute approximate surface area is 138 Å². The first-order valence-electron chi connectivity index (χ1n) is 7.17. The van der Waals surface area contributed by atoms with Crippen molar-refractivity contribution in [3.05, 3.63) is 68.0 Å². The number of amides is 1. The predicted molar refractivity (Wildman–Crippen MR) is 88.7 cm³/mol. The lowest BCUT2D eigenvalue weighted by Gasteiger charge is -2.15. The Kier molecular flexibility index (Phi) is 5.39. The number of nitrogens with one attached hydrogen (secondary N) is 1. The highest BCUT2D eigenvalue weighted by Gasteiger charge is 2.10. The van der Waals surface area contributed by atoms with Gasteiger partial charge in [-0.05, 0) is 31.0 Å². The molecule has 7 heteroatoms. The first-order chi connectivity index (χ1) is 10.9. The maximum atomic E-state index is 12.0. The molecule has 0 saturated carbocycles. The molecule has 1 amide bonds. The van der Waals surface area contributed by atoms with E-state index in [1.807, 2.05) is 19.1 Å². The van der Waals surface area contributed by atoms with Gasteiger partial charge in [-0.1, -0.05) is 23.7 Å². The summed E-state index contributed by atoms with van der Waals surface area (Å²) in [5, 5.41) is 3.50. The van der Waals surface area contributed by atoms with Crippen LogP contribution in [-0.2, 0) is 24.8 Å². The molecule has 0 bridgehead atoms. The minimum atomic E-state index is -0.516. The third-order valence-corrected chi connectivity index (χ3v) is 3.69. The topological polar surface area (TPSA) is 73.1 Å². The van der Waals surface area contributed by atoms with Crippen molar-refractivity contribution in [1.29, 1.82) is 0 Å². The van der Waals surface area contributed by atoms with Gasteiger partial charge in [0.1, 0.15) is 6.54 Å². The largest absolute Gasteiger partial charge is 0.352 e. The Bertz CT molecular complexity index is 809. The molecule has 0 spiro atoms. The Balaban J connectivity index is 1.96. The molecule has 1 N–H and O–H groups in total. The molecule has 6 nitrogen and oxygen atoms in total. The van der Waals surface area contributed by atoms with Crippen LogP contribution in [-0.4, -0.2) is 21.1 Å². The van der Waals surface area contributed by atoms with Gasteiger partial charge in [-0.3, -0.25) is 18.7 Å². The summed E-state index contributed by atoms with van der Waals surface area (Å²) in [6.07, 6.45) is 1.99. The third-order valence-electron chi connectivity index (χ3n) is 3.44. The van der Waals surface area contributed by atoms with E-state index >= 15 is 0 Å². The van der Waals surface area contributed by atoms with Crippen molar-refractivity contribution < 1.29 is 4.79 Å². The molecule has 0 aliphatic carbocycles. The monoisotopic (exact) mass is 335 g/mol. The minimum absolute atomic E-state index is 0.0908. The van der Waals surface area contributed by atoms with Crippen molar-refractivity contribution in [2.45, 2.75) is 25.9 Å². The second kappa shape index (κ2) is 7.28. The summed E-state index contributed by atoms with van der Waals surface area (Å²) >= 11 is 5.84. The number of carbonyl (C=O) groups is 1. The average molecular weight is 336 g/mol. The van der Waals surface area contributed by atoms with Gasteiger partial charge < -0.3 is 5.32 Å². The second-order valence-corrected chi connectivity index (χ2v) is 5.86. The predicted octanol–water partition coefficient (Wildman–Crippen LogP) is 0.948. The number of aromatic nitrogens is 2. The van der Waals surface area contributed by atoms with E-state index in [1.54, 1.807) is 12.1 Å². The number of carbonyl (C=O) groups excluding carboxylic acids is 1.